The van der Waals surface area contributed by atoms with E-state index in [1.54, 1.807) is 24.3 Å². The molecule has 0 N–H and O–H groups in total. The van der Waals surface area contributed by atoms with Gasteiger partial charge in [0.05, 0.1) is 0 Å². The molecule has 0 heterocycles. The molecule has 0 unspecified atom stereocenters. The highest BCUT2D eigenvalue weighted by molar-refractivity contribution is 6.69. The van der Waals surface area contributed by atoms with Crippen LogP contribution in [0, 0.1) is 17.3 Å². The van der Waals surface area contributed by atoms with E-state index in [1.807, 2.05) is 0 Å². The van der Waals surface area contributed by atoms with Crippen molar-refractivity contribution in [2.24, 2.45) is 5.41 Å². The molecule has 3 aliphatic rings. The zero-order valence-electron chi connectivity index (χ0n) is 16.6. The van der Waals surface area contributed by atoms with Gasteiger partial charge in [0, 0.05) is 17.4 Å². The maximum Gasteiger partial charge on any atom is 0.437 e. The van der Waals surface area contributed by atoms with E-state index < -0.39 is 31.7 Å². The fourth-order valence-corrected chi connectivity index (χ4v) is 4.80. The van der Waals surface area contributed by atoms with Crippen molar-refractivity contribution in [1.29, 1.82) is 0 Å². The van der Waals surface area contributed by atoms with E-state index in [1.165, 1.54) is 31.6 Å². The standard InChI is InChI=1S/C21H20F6O2Si/c1-30(2,3)29-19(20(22,23)24,21(25,26)27)11-5-10-18(12-13-18)16-9-8-15-14(16)6-4-7-17(15)28/h4,6-9H,10,12-13H2,1-3H3. The molecule has 0 atom stereocenters. The van der Waals surface area contributed by atoms with Gasteiger partial charge < -0.3 is 4.43 Å². The monoisotopic (exact) mass is 446 g/mol. The molecule has 0 spiro atoms. The Kier molecular flexibility index (Phi) is 5.27. The molecule has 3 rings (SSSR count). The number of rotatable bonds is 4. The summed E-state index contributed by atoms with van der Waals surface area (Å²) in [7, 11) is -3.27. The van der Waals surface area contributed by atoms with E-state index in [4.69, 9.17) is 0 Å². The van der Waals surface area contributed by atoms with Gasteiger partial charge in [0.25, 0.3) is 0 Å². The summed E-state index contributed by atoms with van der Waals surface area (Å²) in [6.45, 7) is 3.75. The highest BCUT2D eigenvalue weighted by Crippen LogP contribution is 2.59. The molecule has 9 heteroatoms. The lowest BCUT2D eigenvalue weighted by molar-refractivity contribution is -0.336. The summed E-state index contributed by atoms with van der Waals surface area (Å²) in [5.74, 6) is 3.42. The first kappa shape index (κ1) is 22.6. The Labute approximate surface area is 171 Å². The van der Waals surface area contributed by atoms with Crippen LogP contribution < -0.4 is 0 Å². The predicted molar refractivity (Wildman–Crippen MR) is 102 cm³/mol. The molecule has 0 aromatic carbocycles. The molecule has 1 saturated carbocycles. The second kappa shape index (κ2) is 6.99. The quantitative estimate of drug-likeness (QED) is 0.310. The molecule has 30 heavy (non-hydrogen) atoms. The van der Waals surface area contributed by atoms with E-state index in [2.05, 4.69) is 10.3 Å². The maximum atomic E-state index is 13.6. The van der Waals surface area contributed by atoms with E-state index in [-0.39, 0.29) is 12.2 Å². The van der Waals surface area contributed by atoms with Gasteiger partial charge in [-0.05, 0) is 55.6 Å². The Morgan fingerprint density at radius 1 is 1.00 bits per heavy atom. The maximum absolute atomic E-state index is 13.6. The molecular weight excluding hydrogens is 426 g/mol. The van der Waals surface area contributed by atoms with Crippen LogP contribution in [-0.4, -0.2) is 32.1 Å². The third-order valence-electron chi connectivity index (χ3n) is 5.15. The Hall–Kier alpha value is -2.05. The van der Waals surface area contributed by atoms with E-state index in [0.717, 1.165) is 5.57 Å². The number of halogens is 6. The molecule has 0 aromatic heterocycles. The first-order valence-electron chi connectivity index (χ1n) is 9.32. The Bertz CT molecular complexity index is 927. The first-order valence-corrected chi connectivity index (χ1v) is 12.7. The highest BCUT2D eigenvalue weighted by atomic mass is 28.4. The summed E-state index contributed by atoms with van der Waals surface area (Å²) in [4.78, 5) is 11.9. The van der Waals surface area contributed by atoms with Crippen molar-refractivity contribution in [3.05, 3.63) is 47.1 Å². The van der Waals surface area contributed by atoms with Crippen LogP contribution in [0.15, 0.2) is 47.1 Å². The molecule has 1 fully saturated rings. The third-order valence-corrected chi connectivity index (χ3v) is 6.07. The van der Waals surface area contributed by atoms with Gasteiger partial charge in [0.15, 0.2) is 14.1 Å². The number of carbonyl (C=O) groups is 1. The van der Waals surface area contributed by atoms with Crippen LogP contribution in [0.3, 0.4) is 0 Å². The number of ketones is 1. The summed E-state index contributed by atoms with van der Waals surface area (Å²) < 4.78 is 86.3. The van der Waals surface area contributed by atoms with Crippen molar-refractivity contribution in [3.8, 4) is 11.8 Å². The molecular formula is C21H20F6O2Si. The summed E-state index contributed by atoms with van der Waals surface area (Å²) >= 11 is 0. The van der Waals surface area contributed by atoms with Gasteiger partial charge in [-0.15, -0.1) is 0 Å². The number of alkyl halides is 6. The van der Waals surface area contributed by atoms with Gasteiger partial charge in [-0.2, -0.15) is 26.3 Å². The van der Waals surface area contributed by atoms with Crippen LogP contribution in [0.2, 0.25) is 19.6 Å². The lowest BCUT2D eigenvalue weighted by Gasteiger charge is -2.37. The predicted octanol–water partition coefficient (Wildman–Crippen LogP) is 5.81. The average molecular weight is 446 g/mol. The van der Waals surface area contributed by atoms with Crippen LogP contribution in [0.25, 0.3) is 0 Å². The van der Waals surface area contributed by atoms with Gasteiger partial charge in [0.2, 0.25) is 0 Å². The SMILES string of the molecule is C[Si](C)(C)OC(C#CCC1(C2=CC=C3C(=O)C=CC=C32)CC1)(C(F)(F)F)C(F)(F)F. The molecule has 162 valence electrons. The van der Waals surface area contributed by atoms with Crippen molar-refractivity contribution in [1.82, 2.24) is 0 Å². The second-order valence-electron chi connectivity index (χ2n) is 8.61. The van der Waals surface area contributed by atoms with Crippen LogP contribution in [-0.2, 0) is 9.22 Å². The van der Waals surface area contributed by atoms with Crippen LogP contribution in [0.4, 0.5) is 26.3 Å². The van der Waals surface area contributed by atoms with Gasteiger partial charge in [0.1, 0.15) is 0 Å². The molecule has 2 nitrogen and oxygen atoms in total. The lowest BCUT2D eigenvalue weighted by Crippen LogP contribution is -2.61. The summed E-state index contributed by atoms with van der Waals surface area (Å²) in [6, 6.07) is 0. The van der Waals surface area contributed by atoms with Crippen LogP contribution in [0.5, 0.6) is 0 Å². The van der Waals surface area contributed by atoms with E-state index in [9.17, 15) is 31.1 Å². The summed E-state index contributed by atoms with van der Waals surface area (Å²) in [5, 5.41) is 0. The van der Waals surface area contributed by atoms with Crippen molar-refractivity contribution in [3.63, 3.8) is 0 Å². The largest absolute Gasteiger partial charge is 0.437 e. The second-order valence-corrected chi connectivity index (χ2v) is 13.0. The smallest absolute Gasteiger partial charge is 0.388 e. The fraction of sp³-hybridized carbons (Fsp3) is 0.476. The highest BCUT2D eigenvalue weighted by Gasteiger charge is 2.73. The minimum atomic E-state index is -5.74. The summed E-state index contributed by atoms with van der Waals surface area (Å²) in [6.07, 6.45) is -2.46. The van der Waals surface area contributed by atoms with Crippen molar-refractivity contribution >= 4 is 14.1 Å². The van der Waals surface area contributed by atoms with Gasteiger partial charge in [-0.3, -0.25) is 4.79 Å². The molecule has 0 bridgehead atoms. The average Bonchev–Trinajstić information content (AvgIpc) is 3.20. The number of carbonyl (C=O) groups excluding carboxylic acids is 1. The van der Waals surface area contributed by atoms with E-state index >= 15 is 0 Å². The third kappa shape index (κ3) is 3.95. The van der Waals surface area contributed by atoms with E-state index in [0.29, 0.717) is 24.0 Å². The Morgan fingerprint density at radius 2 is 1.60 bits per heavy atom. The fourth-order valence-electron chi connectivity index (χ4n) is 3.60. The van der Waals surface area contributed by atoms with Gasteiger partial charge in [-0.1, -0.05) is 30.2 Å². The normalized spacial score (nSPS) is 20.7. The summed E-state index contributed by atoms with van der Waals surface area (Å²) in [5.41, 5.74) is -3.28. The number of hydrogen-bond donors (Lipinski definition) is 0. The molecule has 0 radical (unpaired) electrons. The molecule has 0 amide bonds. The number of hydrogen-bond acceptors (Lipinski definition) is 2. The molecule has 3 aliphatic carbocycles. The topological polar surface area (TPSA) is 26.3 Å². The first-order chi connectivity index (χ1) is 13.6. The zero-order valence-corrected chi connectivity index (χ0v) is 17.6. The van der Waals surface area contributed by atoms with Crippen LogP contribution in [0.1, 0.15) is 19.3 Å². The zero-order chi connectivity index (χ0) is 22.6. The number of fused-ring (bicyclic) bond motifs is 1. The van der Waals surface area contributed by atoms with Crippen molar-refractivity contribution < 1.29 is 35.6 Å². The van der Waals surface area contributed by atoms with Gasteiger partial charge in [-0.25, -0.2) is 0 Å². The lowest BCUT2D eigenvalue weighted by atomic mass is 9.84. The molecule has 0 aromatic rings. The van der Waals surface area contributed by atoms with Gasteiger partial charge >= 0.3 is 18.0 Å². The van der Waals surface area contributed by atoms with Crippen LogP contribution >= 0.6 is 0 Å². The minimum absolute atomic E-state index is 0.182. The minimum Gasteiger partial charge on any atom is -0.388 e. The molecule has 0 saturated heterocycles. The molecule has 0 aliphatic heterocycles. The Balaban J connectivity index is 1.92. The number of allylic oxidation sites excluding steroid dienone is 8. The van der Waals surface area contributed by atoms with Crippen molar-refractivity contribution in [2.45, 2.75) is 56.9 Å². The van der Waals surface area contributed by atoms with Crippen molar-refractivity contribution in [2.75, 3.05) is 0 Å². The Morgan fingerprint density at radius 3 is 2.10 bits per heavy atom.